The molecule has 92 valence electrons. The van der Waals surface area contributed by atoms with Crippen LogP contribution in [0, 0.1) is 11.3 Å². The molecule has 5 heteroatoms. The molecule has 0 amide bonds. The third-order valence-corrected chi connectivity index (χ3v) is 3.06. The molecule has 18 heavy (non-hydrogen) atoms. The molecule has 0 aliphatic rings. The summed E-state index contributed by atoms with van der Waals surface area (Å²) in [6.45, 7) is 0. The highest BCUT2D eigenvalue weighted by Gasteiger charge is 2.13. The molecule has 0 radical (unpaired) electrons. The summed E-state index contributed by atoms with van der Waals surface area (Å²) < 4.78 is 1.70. The Labute approximate surface area is 111 Å². The number of rotatable bonds is 2. The second-order valence-corrected chi connectivity index (χ2v) is 4.54. The molecular weight excluding hydrogens is 248 g/mol. The molecule has 1 heterocycles. The number of nitrogens with zero attached hydrogens (tertiary/aromatic N) is 4. The van der Waals surface area contributed by atoms with Crippen molar-refractivity contribution in [1.82, 2.24) is 9.55 Å². The lowest BCUT2D eigenvalue weighted by Gasteiger charge is -2.12. The van der Waals surface area contributed by atoms with E-state index in [0.717, 1.165) is 11.3 Å². The van der Waals surface area contributed by atoms with Gasteiger partial charge in [0.1, 0.15) is 11.9 Å². The number of nitriles is 1. The molecule has 0 saturated carbocycles. The smallest absolute Gasteiger partial charge is 0.166 e. The molecular formula is C13H13ClN4. The molecule has 1 aromatic heterocycles. The van der Waals surface area contributed by atoms with Gasteiger partial charge in [-0.25, -0.2) is 4.98 Å². The summed E-state index contributed by atoms with van der Waals surface area (Å²) in [7, 11) is 5.76. The van der Waals surface area contributed by atoms with E-state index in [1.165, 1.54) is 0 Å². The van der Waals surface area contributed by atoms with E-state index in [2.05, 4.69) is 4.98 Å². The summed E-state index contributed by atoms with van der Waals surface area (Å²) in [4.78, 5) is 6.24. The van der Waals surface area contributed by atoms with Crippen LogP contribution in [-0.4, -0.2) is 23.6 Å². The lowest BCUT2D eigenvalue weighted by molar-refractivity contribution is 0.907. The molecule has 0 spiro atoms. The third kappa shape index (κ3) is 2.05. The molecule has 0 saturated heterocycles. The molecule has 0 bridgehead atoms. The van der Waals surface area contributed by atoms with Gasteiger partial charge in [-0.3, -0.25) is 0 Å². The highest BCUT2D eigenvalue weighted by Crippen LogP contribution is 2.25. The quantitative estimate of drug-likeness (QED) is 0.834. The number of aromatic nitrogens is 2. The van der Waals surface area contributed by atoms with Crippen LogP contribution in [0.4, 0.5) is 5.69 Å². The van der Waals surface area contributed by atoms with Gasteiger partial charge in [-0.1, -0.05) is 11.6 Å². The Balaban J connectivity index is 2.47. The summed E-state index contributed by atoms with van der Waals surface area (Å²) >= 11 is 5.92. The first kappa shape index (κ1) is 12.5. The van der Waals surface area contributed by atoms with Gasteiger partial charge in [0.15, 0.2) is 10.8 Å². The number of hydrogen-bond donors (Lipinski definition) is 0. The van der Waals surface area contributed by atoms with Crippen molar-refractivity contribution in [3.05, 3.63) is 35.1 Å². The van der Waals surface area contributed by atoms with E-state index >= 15 is 0 Å². The van der Waals surface area contributed by atoms with E-state index in [1.807, 2.05) is 49.3 Å². The van der Waals surface area contributed by atoms with Crippen LogP contribution in [0.15, 0.2) is 24.3 Å². The largest absolute Gasteiger partial charge is 0.378 e. The molecule has 1 aromatic carbocycles. The van der Waals surface area contributed by atoms with E-state index in [-0.39, 0.29) is 5.15 Å². The van der Waals surface area contributed by atoms with Gasteiger partial charge in [-0.2, -0.15) is 5.26 Å². The SMILES string of the molecule is CN(C)c1ccc(-c2nc(Cl)c(C#N)n2C)cc1. The highest BCUT2D eigenvalue weighted by atomic mass is 35.5. The van der Waals surface area contributed by atoms with Crippen molar-refractivity contribution in [2.24, 2.45) is 7.05 Å². The van der Waals surface area contributed by atoms with Gasteiger partial charge >= 0.3 is 0 Å². The average molecular weight is 261 g/mol. The first-order chi connectivity index (χ1) is 8.54. The van der Waals surface area contributed by atoms with Gasteiger partial charge in [0.2, 0.25) is 0 Å². The zero-order chi connectivity index (χ0) is 13.3. The maximum Gasteiger partial charge on any atom is 0.166 e. The normalized spacial score (nSPS) is 10.2. The van der Waals surface area contributed by atoms with Crippen LogP contribution in [0.25, 0.3) is 11.4 Å². The third-order valence-electron chi connectivity index (χ3n) is 2.80. The number of halogens is 1. The van der Waals surface area contributed by atoms with E-state index in [1.54, 1.807) is 11.6 Å². The lowest BCUT2D eigenvalue weighted by atomic mass is 10.2. The fourth-order valence-corrected chi connectivity index (χ4v) is 2.00. The summed E-state index contributed by atoms with van der Waals surface area (Å²) in [5.41, 5.74) is 2.43. The molecule has 0 fully saturated rings. The van der Waals surface area contributed by atoms with E-state index in [0.29, 0.717) is 11.5 Å². The van der Waals surface area contributed by atoms with Gasteiger partial charge < -0.3 is 9.47 Å². The van der Waals surface area contributed by atoms with Crippen molar-refractivity contribution in [3.8, 4) is 17.5 Å². The molecule has 0 aliphatic carbocycles. The van der Waals surface area contributed by atoms with Gasteiger partial charge in [0.25, 0.3) is 0 Å². The van der Waals surface area contributed by atoms with Crippen LogP contribution in [0.5, 0.6) is 0 Å². The van der Waals surface area contributed by atoms with Crippen molar-refractivity contribution >= 4 is 17.3 Å². The second-order valence-electron chi connectivity index (χ2n) is 4.19. The average Bonchev–Trinajstić information content (AvgIpc) is 2.64. The van der Waals surface area contributed by atoms with Crippen LogP contribution in [0.1, 0.15) is 5.69 Å². The summed E-state index contributed by atoms with van der Waals surface area (Å²) in [6, 6.07) is 9.99. The minimum Gasteiger partial charge on any atom is -0.378 e. The molecule has 2 aromatic rings. The monoisotopic (exact) mass is 260 g/mol. The minimum absolute atomic E-state index is 0.242. The van der Waals surface area contributed by atoms with Gasteiger partial charge in [0.05, 0.1) is 0 Å². The topological polar surface area (TPSA) is 44.9 Å². The lowest BCUT2D eigenvalue weighted by Crippen LogP contribution is -2.08. The van der Waals surface area contributed by atoms with Crippen LogP contribution in [0.2, 0.25) is 5.15 Å². The minimum atomic E-state index is 0.242. The Hall–Kier alpha value is -1.99. The second kappa shape index (κ2) is 4.71. The Morgan fingerprint density at radius 1 is 1.28 bits per heavy atom. The predicted octanol–water partition coefficient (Wildman–Crippen LogP) is 2.68. The fraction of sp³-hybridized carbons (Fsp3) is 0.231. The Morgan fingerprint density at radius 3 is 2.33 bits per heavy atom. The molecule has 2 rings (SSSR count). The highest BCUT2D eigenvalue weighted by molar-refractivity contribution is 6.30. The van der Waals surface area contributed by atoms with Crippen molar-refractivity contribution in [2.45, 2.75) is 0 Å². The standard InChI is InChI=1S/C13H13ClN4/c1-17(2)10-6-4-9(5-7-10)13-16-12(14)11(8-15)18(13)3/h4-7H,1-3H3. The van der Waals surface area contributed by atoms with Crippen molar-refractivity contribution in [3.63, 3.8) is 0 Å². The first-order valence-electron chi connectivity index (χ1n) is 5.44. The van der Waals surface area contributed by atoms with Gasteiger partial charge in [-0.05, 0) is 24.3 Å². The van der Waals surface area contributed by atoms with Crippen LogP contribution < -0.4 is 4.90 Å². The molecule has 4 nitrogen and oxygen atoms in total. The molecule has 0 N–H and O–H groups in total. The maximum atomic E-state index is 8.97. The Kier molecular flexibility index (Phi) is 3.26. The van der Waals surface area contributed by atoms with E-state index < -0.39 is 0 Å². The fourth-order valence-electron chi connectivity index (χ4n) is 1.75. The van der Waals surface area contributed by atoms with Gasteiger partial charge in [0, 0.05) is 32.4 Å². The van der Waals surface area contributed by atoms with Crippen LogP contribution >= 0.6 is 11.6 Å². The Morgan fingerprint density at radius 2 is 1.89 bits per heavy atom. The van der Waals surface area contributed by atoms with Crippen molar-refractivity contribution in [1.29, 1.82) is 5.26 Å². The Bertz CT molecular complexity index is 605. The predicted molar refractivity (Wildman–Crippen MR) is 72.7 cm³/mol. The number of hydrogen-bond acceptors (Lipinski definition) is 3. The first-order valence-corrected chi connectivity index (χ1v) is 5.82. The van der Waals surface area contributed by atoms with E-state index in [9.17, 15) is 0 Å². The summed E-state index contributed by atoms with van der Waals surface area (Å²) in [5.74, 6) is 0.696. The number of benzene rings is 1. The van der Waals surface area contributed by atoms with Crippen LogP contribution in [-0.2, 0) is 7.05 Å². The summed E-state index contributed by atoms with van der Waals surface area (Å²) in [5, 5.41) is 9.22. The van der Waals surface area contributed by atoms with Crippen molar-refractivity contribution in [2.75, 3.05) is 19.0 Å². The summed E-state index contributed by atoms with van der Waals surface area (Å²) in [6.07, 6.45) is 0. The van der Waals surface area contributed by atoms with Gasteiger partial charge in [-0.15, -0.1) is 0 Å². The zero-order valence-electron chi connectivity index (χ0n) is 10.5. The molecule has 0 unspecified atom stereocenters. The molecule has 0 aliphatic heterocycles. The van der Waals surface area contributed by atoms with Crippen molar-refractivity contribution < 1.29 is 0 Å². The molecule has 0 atom stereocenters. The van der Waals surface area contributed by atoms with Crippen LogP contribution in [0.3, 0.4) is 0 Å². The number of imidazole rings is 1. The maximum absolute atomic E-state index is 8.97. The van der Waals surface area contributed by atoms with E-state index in [4.69, 9.17) is 16.9 Å². The zero-order valence-corrected chi connectivity index (χ0v) is 11.2. The number of anilines is 1.